The summed E-state index contributed by atoms with van der Waals surface area (Å²) in [5.74, 6) is 1.80. The third kappa shape index (κ3) is 4.76. The zero-order valence-corrected chi connectivity index (χ0v) is 17.2. The van der Waals surface area contributed by atoms with Crippen LogP contribution in [0.15, 0.2) is 83.1 Å². The molecule has 148 valence electrons. The van der Waals surface area contributed by atoms with Crippen LogP contribution in [0.5, 0.6) is 5.75 Å². The third-order valence-corrected chi connectivity index (χ3v) is 5.51. The van der Waals surface area contributed by atoms with E-state index in [4.69, 9.17) is 9.73 Å². The number of rotatable bonds is 7. The largest absolute Gasteiger partial charge is 0.456 e. The Morgan fingerprint density at radius 2 is 1.55 bits per heavy atom. The highest BCUT2D eigenvalue weighted by Crippen LogP contribution is 2.35. The molecule has 2 aromatic rings. The smallest absolute Gasteiger partial charge is 0.135 e. The summed E-state index contributed by atoms with van der Waals surface area (Å²) < 4.78 is 6.21. The molecular formula is C27H29NO. The standard InChI is InChI=1S/C27H29NO/c1-2-3-4-5-6-9-20-28-23-15-12-22(13-16-23)26-19-17-25-24-11-8-7-10-21(24)14-18-27(25)29-26/h7-8,10-19H,2-6,9,20H2,1H3. The van der Waals surface area contributed by atoms with Crippen molar-refractivity contribution in [3.63, 3.8) is 0 Å². The lowest BCUT2D eigenvalue weighted by Crippen LogP contribution is -2.04. The molecule has 2 nitrogen and oxygen atoms in total. The van der Waals surface area contributed by atoms with Crippen LogP contribution in [0.2, 0.25) is 0 Å². The molecule has 0 saturated heterocycles. The molecule has 0 saturated carbocycles. The van der Waals surface area contributed by atoms with Crippen molar-refractivity contribution in [2.75, 3.05) is 6.54 Å². The van der Waals surface area contributed by atoms with Crippen molar-refractivity contribution in [2.45, 2.75) is 45.4 Å². The molecule has 0 amide bonds. The molecule has 2 aromatic carbocycles. The molecule has 0 aromatic heterocycles. The molecule has 0 spiro atoms. The van der Waals surface area contributed by atoms with Crippen molar-refractivity contribution in [1.29, 1.82) is 0 Å². The Kier molecular flexibility index (Phi) is 6.41. The first-order chi connectivity index (χ1) is 14.3. The number of allylic oxidation sites excluding steroid dienone is 6. The predicted octanol–water partition coefficient (Wildman–Crippen LogP) is 7.43. The molecule has 0 unspecified atom stereocenters. The molecule has 1 aliphatic carbocycles. The van der Waals surface area contributed by atoms with E-state index < -0.39 is 0 Å². The normalized spacial score (nSPS) is 15.0. The van der Waals surface area contributed by atoms with Crippen molar-refractivity contribution in [3.05, 3.63) is 83.7 Å². The third-order valence-electron chi connectivity index (χ3n) is 5.51. The van der Waals surface area contributed by atoms with Gasteiger partial charge in [-0.1, -0.05) is 69.4 Å². The number of nitrogens with zero attached hydrogens (tertiary/aromatic N) is 1. The van der Waals surface area contributed by atoms with Crippen molar-refractivity contribution in [1.82, 2.24) is 0 Å². The lowest BCUT2D eigenvalue weighted by Gasteiger charge is -2.18. The second-order valence-corrected chi connectivity index (χ2v) is 7.69. The Hall–Kier alpha value is -2.87. The number of benzene rings is 2. The average Bonchev–Trinajstić information content (AvgIpc) is 2.78. The minimum Gasteiger partial charge on any atom is -0.456 e. The molecule has 0 N–H and O–H groups in total. The van der Waals surface area contributed by atoms with Gasteiger partial charge in [-0.15, -0.1) is 0 Å². The lowest BCUT2D eigenvalue weighted by atomic mass is 10.00. The second kappa shape index (κ2) is 9.56. The summed E-state index contributed by atoms with van der Waals surface area (Å²) in [6.45, 7) is 3.17. The highest BCUT2D eigenvalue weighted by Gasteiger charge is 2.14. The maximum Gasteiger partial charge on any atom is 0.135 e. The number of unbranched alkanes of at least 4 members (excludes halogenated alkanes) is 5. The summed E-state index contributed by atoms with van der Waals surface area (Å²) in [6, 6.07) is 12.6. The molecule has 0 fully saturated rings. The number of aliphatic imine (C=N–C) groups is 1. The van der Waals surface area contributed by atoms with Crippen LogP contribution in [-0.2, 0) is 0 Å². The van der Waals surface area contributed by atoms with Gasteiger partial charge < -0.3 is 4.74 Å². The molecule has 0 radical (unpaired) electrons. The van der Waals surface area contributed by atoms with Gasteiger partial charge in [0, 0.05) is 17.7 Å². The molecule has 29 heavy (non-hydrogen) atoms. The van der Waals surface area contributed by atoms with Gasteiger partial charge in [-0.3, -0.25) is 4.99 Å². The maximum absolute atomic E-state index is 6.21. The summed E-state index contributed by atoms with van der Waals surface area (Å²) in [6.07, 6.45) is 20.4. The highest BCUT2D eigenvalue weighted by atomic mass is 16.5. The van der Waals surface area contributed by atoms with Crippen molar-refractivity contribution < 1.29 is 4.74 Å². The summed E-state index contributed by atoms with van der Waals surface area (Å²) in [5, 5.41) is 2.46. The van der Waals surface area contributed by atoms with Gasteiger partial charge in [0.1, 0.15) is 11.5 Å². The van der Waals surface area contributed by atoms with E-state index in [0.29, 0.717) is 0 Å². The predicted molar refractivity (Wildman–Crippen MR) is 125 cm³/mol. The van der Waals surface area contributed by atoms with Crippen LogP contribution < -0.4 is 4.74 Å². The summed E-state index contributed by atoms with van der Waals surface area (Å²) in [7, 11) is 0. The van der Waals surface area contributed by atoms with Crippen LogP contribution in [0.25, 0.3) is 16.8 Å². The Bertz CT molecular complexity index is 1000. The monoisotopic (exact) mass is 383 g/mol. The van der Waals surface area contributed by atoms with Crippen LogP contribution in [0.3, 0.4) is 0 Å². The van der Waals surface area contributed by atoms with Gasteiger partial charge in [-0.05, 0) is 59.7 Å². The molecule has 4 rings (SSSR count). The van der Waals surface area contributed by atoms with Crippen LogP contribution >= 0.6 is 0 Å². The quantitative estimate of drug-likeness (QED) is 0.456. The first-order valence-electron chi connectivity index (χ1n) is 10.9. The van der Waals surface area contributed by atoms with E-state index in [2.05, 4.69) is 79.8 Å². The molecule has 0 atom stereocenters. The topological polar surface area (TPSA) is 21.6 Å². The second-order valence-electron chi connectivity index (χ2n) is 7.69. The molecular weight excluding hydrogens is 354 g/mol. The van der Waals surface area contributed by atoms with Crippen LogP contribution in [0, 0.1) is 0 Å². The first kappa shape index (κ1) is 19.4. The molecule has 1 aliphatic heterocycles. The SMILES string of the molecule is CCCCCCCCN=C1C=CC(=C2C=Cc3c(ccc4ccccc34)O2)C=C1. The summed E-state index contributed by atoms with van der Waals surface area (Å²) >= 11 is 0. The minimum atomic E-state index is 0.884. The fraction of sp³-hybridized carbons (Fsp3) is 0.296. The van der Waals surface area contributed by atoms with E-state index in [9.17, 15) is 0 Å². The van der Waals surface area contributed by atoms with Gasteiger partial charge in [0.15, 0.2) is 0 Å². The number of hydrogen-bond donors (Lipinski definition) is 0. The van der Waals surface area contributed by atoms with E-state index in [1.165, 1.54) is 49.3 Å². The molecule has 0 bridgehead atoms. The van der Waals surface area contributed by atoms with Crippen molar-refractivity contribution >= 4 is 22.6 Å². The van der Waals surface area contributed by atoms with Gasteiger partial charge in [-0.25, -0.2) is 0 Å². The zero-order valence-electron chi connectivity index (χ0n) is 17.2. The Morgan fingerprint density at radius 3 is 2.41 bits per heavy atom. The fourth-order valence-corrected chi connectivity index (χ4v) is 3.83. The Morgan fingerprint density at radius 1 is 0.759 bits per heavy atom. The first-order valence-corrected chi connectivity index (χ1v) is 10.9. The molecule has 1 heterocycles. The number of hydrogen-bond acceptors (Lipinski definition) is 2. The van der Waals surface area contributed by atoms with Gasteiger partial charge in [-0.2, -0.15) is 0 Å². The van der Waals surface area contributed by atoms with Gasteiger partial charge in [0.25, 0.3) is 0 Å². The maximum atomic E-state index is 6.21. The fourth-order valence-electron chi connectivity index (χ4n) is 3.83. The van der Waals surface area contributed by atoms with E-state index >= 15 is 0 Å². The van der Waals surface area contributed by atoms with E-state index in [-0.39, 0.29) is 0 Å². The zero-order chi connectivity index (χ0) is 19.9. The Labute approximate surface area is 174 Å². The van der Waals surface area contributed by atoms with Gasteiger partial charge >= 0.3 is 0 Å². The highest BCUT2D eigenvalue weighted by molar-refractivity contribution is 6.06. The van der Waals surface area contributed by atoms with E-state index in [1.54, 1.807) is 0 Å². The Balaban J connectivity index is 1.39. The van der Waals surface area contributed by atoms with E-state index in [0.717, 1.165) is 34.9 Å². The average molecular weight is 384 g/mol. The van der Waals surface area contributed by atoms with Crippen molar-refractivity contribution in [2.24, 2.45) is 4.99 Å². The number of ether oxygens (including phenoxy) is 1. The van der Waals surface area contributed by atoms with Gasteiger partial charge in [0.05, 0.1) is 5.71 Å². The molecule has 2 heteroatoms. The van der Waals surface area contributed by atoms with Crippen molar-refractivity contribution in [3.8, 4) is 5.75 Å². The summed E-state index contributed by atoms with van der Waals surface area (Å²) in [4.78, 5) is 4.71. The van der Waals surface area contributed by atoms with E-state index in [1.807, 2.05) is 0 Å². The summed E-state index contributed by atoms with van der Waals surface area (Å²) in [5.41, 5.74) is 3.28. The van der Waals surface area contributed by atoms with Crippen LogP contribution in [0.4, 0.5) is 0 Å². The molecule has 2 aliphatic rings. The van der Waals surface area contributed by atoms with Crippen LogP contribution in [0.1, 0.15) is 51.0 Å². The number of fused-ring (bicyclic) bond motifs is 3. The minimum absolute atomic E-state index is 0.884. The lowest BCUT2D eigenvalue weighted by molar-refractivity contribution is 0.438. The van der Waals surface area contributed by atoms with Gasteiger partial charge in [0.2, 0.25) is 0 Å². The van der Waals surface area contributed by atoms with Crippen LogP contribution in [-0.4, -0.2) is 12.3 Å².